The molecule has 0 radical (unpaired) electrons. The van der Waals surface area contributed by atoms with Gasteiger partial charge >= 0.3 is 0 Å². The minimum atomic E-state index is -1.11. The van der Waals surface area contributed by atoms with Crippen LogP contribution in [0.4, 0.5) is 24.9 Å². The van der Waals surface area contributed by atoms with Crippen LogP contribution in [0, 0.1) is 23.4 Å². The molecule has 162 valence electrons. The van der Waals surface area contributed by atoms with Crippen molar-refractivity contribution < 1.29 is 18.0 Å². The first-order valence-electron chi connectivity index (χ1n) is 9.83. The zero-order chi connectivity index (χ0) is 21.8. The zero-order valence-corrected chi connectivity index (χ0v) is 17.5. The van der Waals surface area contributed by atoms with Crippen LogP contribution in [-0.2, 0) is 4.79 Å². The van der Waals surface area contributed by atoms with Crippen molar-refractivity contribution in [3.05, 3.63) is 34.7 Å². The average molecular weight is 442 g/mol. The van der Waals surface area contributed by atoms with E-state index in [0.29, 0.717) is 44.0 Å². The molecule has 3 rings (SSSR count). The number of nitrogens with zero attached hydrogens (tertiary/aromatic N) is 3. The van der Waals surface area contributed by atoms with Gasteiger partial charge in [-0.25, -0.2) is 13.2 Å². The van der Waals surface area contributed by atoms with E-state index in [9.17, 15) is 18.0 Å². The molecule has 1 saturated heterocycles. The molecule has 0 spiro atoms. The van der Waals surface area contributed by atoms with Gasteiger partial charge in [0.05, 0.1) is 11.1 Å². The maximum absolute atomic E-state index is 14.5. The first-order chi connectivity index (χ1) is 14.3. The Labute approximate surface area is 177 Å². The summed E-state index contributed by atoms with van der Waals surface area (Å²) in [5.74, 6) is -2.80. The van der Waals surface area contributed by atoms with E-state index in [-0.39, 0.29) is 28.4 Å². The number of benzene rings is 1. The molecule has 30 heavy (non-hydrogen) atoms. The van der Waals surface area contributed by atoms with E-state index in [1.807, 2.05) is 0 Å². The molecule has 1 aliphatic heterocycles. The summed E-state index contributed by atoms with van der Waals surface area (Å²) < 4.78 is 42.4. The zero-order valence-electron chi connectivity index (χ0n) is 16.7. The third-order valence-electron chi connectivity index (χ3n) is 5.02. The molecule has 1 aliphatic rings. The quantitative estimate of drug-likeness (QED) is 0.610. The summed E-state index contributed by atoms with van der Waals surface area (Å²) >= 11 is 6.32. The van der Waals surface area contributed by atoms with E-state index in [4.69, 9.17) is 11.6 Å². The molecule has 2 N–H and O–H groups in total. The van der Waals surface area contributed by atoms with Gasteiger partial charge < -0.3 is 5.32 Å². The van der Waals surface area contributed by atoms with E-state index >= 15 is 0 Å². The smallest absolute Gasteiger partial charge is 0.247 e. The number of rotatable bonds is 7. The maximum atomic E-state index is 14.5. The molecule has 1 fully saturated rings. The summed E-state index contributed by atoms with van der Waals surface area (Å²) in [5, 5.41) is 4.31. The summed E-state index contributed by atoms with van der Waals surface area (Å²) in [6.07, 6.45) is 2.76. The highest BCUT2D eigenvalue weighted by Crippen LogP contribution is 2.38. The van der Waals surface area contributed by atoms with Crippen molar-refractivity contribution in [3.63, 3.8) is 0 Å². The highest BCUT2D eigenvalue weighted by Gasteiger charge is 2.26. The number of anilines is 2. The van der Waals surface area contributed by atoms with E-state index < -0.39 is 23.0 Å². The molecule has 1 unspecified atom stereocenters. The van der Waals surface area contributed by atoms with E-state index in [0.717, 1.165) is 12.8 Å². The van der Waals surface area contributed by atoms with Crippen molar-refractivity contribution in [1.29, 1.82) is 0 Å². The Morgan fingerprint density at radius 3 is 2.57 bits per heavy atom. The van der Waals surface area contributed by atoms with Gasteiger partial charge in [-0.15, -0.1) is 0 Å². The van der Waals surface area contributed by atoms with Crippen molar-refractivity contribution in [1.82, 2.24) is 15.4 Å². The molecule has 1 aromatic heterocycles. The number of hydrazine groups is 1. The Morgan fingerprint density at radius 2 is 1.93 bits per heavy atom. The van der Waals surface area contributed by atoms with Crippen LogP contribution in [0.1, 0.15) is 39.5 Å². The fourth-order valence-electron chi connectivity index (χ4n) is 3.12. The monoisotopic (exact) mass is 441 g/mol. The Balaban J connectivity index is 2.05. The SMILES string of the molecule is CCC(C)CCNc1nc(N2CCCC(=O)N2)nc(Cl)c1-c1c(F)cc(F)cc1F. The van der Waals surface area contributed by atoms with Crippen molar-refractivity contribution in [3.8, 4) is 11.1 Å². The van der Waals surface area contributed by atoms with Crippen molar-refractivity contribution in [2.24, 2.45) is 5.92 Å². The summed E-state index contributed by atoms with van der Waals surface area (Å²) in [7, 11) is 0. The van der Waals surface area contributed by atoms with Gasteiger partial charge in [-0.3, -0.25) is 15.2 Å². The predicted octanol–water partition coefficient (Wildman–Crippen LogP) is 4.69. The number of halogens is 4. The number of carbonyl (C=O) groups is 1. The molecular weight excluding hydrogens is 419 g/mol. The molecule has 2 heterocycles. The number of hydrogen-bond acceptors (Lipinski definition) is 5. The largest absolute Gasteiger partial charge is 0.369 e. The van der Waals surface area contributed by atoms with Gasteiger partial charge in [0.25, 0.3) is 0 Å². The van der Waals surface area contributed by atoms with Crippen LogP contribution in [0.25, 0.3) is 11.1 Å². The van der Waals surface area contributed by atoms with Crippen LogP contribution in [0.2, 0.25) is 5.15 Å². The second-order valence-corrected chi connectivity index (χ2v) is 7.66. The van der Waals surface area contributed by atoms with Crippen LogP contribution in [0.3, 0.4) is 0 Å². The minimum Gasteiger partial charge on any atom is -0.369 e. The lowest BCUT2D eigenvalue weighted by Crippen LogP contribution is -2.47. The second kappa shape index (κ2) is 9.51. The van der Waals surface area contributed by atoms with E-state index in [1.165, 1.54) is 5.01 Å². The molecular formula is C20H23ClF3N5O. The van der Waals surface area contributed by atoms with Crippen LogP contribution in [0.5, 0.6) is 0 Å². The van der Waals surface area contributed by atoms with Gasteiger partial charge in [-0.05, 0) is 18.8 Å². The second-order valence-electron chi connectivity index (χ2n) is 7.30. The normalized spacial score (nSPS) is 15.1. The average Bonchev–Trinajstić information content (AvgIpc) is 2.68. The molecule has 0 bridgehead atoms. The topological polar surface area (TPSA) is 70.2 Å². The highest BCUT2D eigenvalue weighted by atomic mass is 35.5. The molecule has 1 amide bonds. The molecule has 0 aliphatic carbocycles. The third-order valence-corrected chi connectivity index (χ3v) is 5.30. The Morgan fingerprint density at radius 1 is 1.23 bits per heavy atom. The first kappa shape index (κ1) is 22.1. The summed E-state index contributed by atoms with van der Waals surface area (Å²) in [6, 6.07) is 1.16. The molecule has 2 aromatic rings. The fraction of sp³-hybridized carbons (Fsp3) is 0.450. The predicted molar refractivity (Wildman–Crippen MR) is 110 cm³/mol. The van der Waals surface area contributed by atoms with Crippen molar-refractivity contribution >= 4 is 29.3 Å². The van der Waals surface area contributed by atoms with Gasteiger partial charge in [-0.1, -0.05) is 31.9 Å². The Bertz CT molecular complexity index is 920. The Hall–Kier alpha value is -2.55. The van der Waals surface area contributed by atoms with Crippen LogP contribution in [0.15, 0.2) is 12.1 Å². The lowest BCUT2D eigenvalue weighted by molar-refractivity contribution is -0.122. The van der Waals surface area contributed by atoms with Gasteiger partial charge in [0, 0.05) is 31.6 Å². The van der Waals surface area contributed by atoms with Gasteiger partial charge in [-0.2, -0.15) is 9.97 Å². The lowest BCUT2D eigenvalue weighted by atomic mass is 10.0. The van der Waals surface area contributed by atoms with E-state index in [1.54, 1.807) is 0 Å². The number of hydrogen-bond donors (Lipinski definition) is 2. The fourth-order valence-corrected chi connectivity index (χ4v) is 3.38. The van der Waals surface area contributed by atoms with Crippen LogP contribution >= 0.6 is 11.6 Å². The molecule has 1 atom stereocenters. The van der Waals surface area contributed by atoms with Gasteiger partial charge in [0.2, 0.25) is 11.9 Å². The number of nitrogens with one attached hydrogen (secondary N) is 2. The van der Waals surface area contributed by atoms with E-state index in [2.05, 4.69) is 34.6 Å². The highest BCUT2D eigenvalue weighted by molar-refractivity contribution is 6.32. The molecule has 10 heteroatoms. The lowest BCUT2D eigenvalue weighted by Gasteiger charge is -2.28. The first-order valence-corrected chi connectivity index (χ1v) is 10.2. The Kier molecular flexibility index (Phi) is 7.02. The molecule has 0 saturated carbocycles. The molecule has 1 aromatic carbocycles. The number of carbonyl (C=O) groups excluding carboxylic acids is 1. The summed E-state index contributed by atoms with van der Waals surface area (Å²) in [5.41, 5.74) is 2.04. The van der Waals surface area contributed by atoms with Gasteiger partial charge in [0.1, 0.15) is 28.4 Å². The van der Waals surface area contributed by atoms with Gasteiger partial charge in [0.15, 0.2) is 0 Å². The van der Waals surface area contributed by atoms with Crippen molar-refractivity contribution in [2.45, 2.75) is 39.5 Å². The van der Waals surface area contributed by atoms with Crippen molar-refractivity contribution in [2.75, 3.05) is 23.4 Å². The third kappa shape index (κ3) is 4.95. The minimum absolute atomic E-state index is 0.0945. The number of amides is 1. The summed E-state index contributed by atoms with van der Waals surface area (Å²) in [6.45, 7) is 5.10. The molecule has 6 nitrogen and oxygen atoms in total. The number of aromatic nitrogens is 2. The van der Waals surface area contributed by atoms with Crippen LogP contribution < -0.4 is 15.8 Å². The standard InChI is InChI=1S/C20H23ClF3N5O/c1-3-11(2)6-7-25-19-17(16-13(23)9-12(22)10-14(16)24)18(21)26-20(27-19)29-8-4-5-15(30)28-29/h9-11H,3-8H2,1-2H3,(H,28,30)(H,25,26,27). The summed E-state index contributed by atoms with van der Waals surface area (Å²) in [4.78, 5) is 20.2. The maximum Gasteiger partial charge on any atom is 0.247 e. The van der Waals surface area contributed by atoms with Crippen LogP contribution in [-0.4, -0.2) is 29.0 Å².